The van der Waals surface area contributed by atoms with Gasteiger partial charge >= 0.3 is 0 Å². The molecular weight excluding hydrogens is 286 g/mol. The van der Waals surface area contributed by atoms with Gasteiger partial charge in [-0.3, -0.25) is 4.99 Å². The maximum absolute atomic E-state index is 5.91. The normalized spacial score (nSPS) is 12.2. The number of methoxy groups -OCH3 is 1. The maximum atomic E-state index is 5.91. The van der Waals surface area contributed by atoms with Crippen LogP contribution >= 0.6 is 12.4 Å². The number of nitrogens with zero attached hydrogens (tertiary/aromatic N) is 1. The van der Waals surface area contributed by atoms with Crippen molar-refractivity contribution in [1.29, 1.82) is 0 Å². The highest BCUT2D eigenvalue weighted by atomic mass is 35.5. The number of hydrogen-bond acceptors (Lipinski definition) is 3. The Hall–Kier alpha value is -2.00. The van der Waals surface area contributed by atoms with Gasteiger partial charge in [0.2, 0.25) is 0 Å². The Kier molecular flexibility index (Phi) is 5.23. The fraction of sp³-hybridized carbons (Fsp3) is 0.235. The molecular formula is C17H18ClNO2. The predicted molar refractivity (Wildman–Crippen MR) is 87.2 cm³/mol. The van der Waals surface area contributed by atoms with E-state index in [1.165, 1.54) is 5.56 Å². The molecule has 1 aliphatic heterocycles. The van der Waals surface area contributed by atoms with Crippen LogP contribution in [0, 0.1) is 0 Å². The van der Waals surface area contributed by atoms with Gasteiger partial charge in [0.1, 0.15) is 6.61 Å². The zero-order chi connectivity index (χ0) is 13.8. The van der Waals surface area contributed by atoms with Crippen LogP contribution in [0.5, 0.6) is 11.5 Å². The number of rotatable bonds is 4. The van der Waals surface area contributed by atoms with Crippen LogP contribution < -0.4 is 9.47 Å². The first-order chi connectivity index (χ1) is 9.86. The first kappa shape index (κ1) is 15.4. The third-order valence-corrected chi connectivity index (χ3v) is 3.40. The van der Waals surface area contributed by atoms with E-state index in [1.54, 1.807) is 7.11 Å². The Morgan fingerprint density at radius 1 is 1.10 bits per heavy atom. The molecule has 4 heteroatoms. The summed E-state index contributed by atoms with van der Waals surface area (Å²) in [7, 11) is 1.66. The van der Waals surface area contributed by atoms with Crippen LogP contribution in [0.3, 0.4) is 0 Å². The lowest BCUT2D eigenvalue weighted by molar-refractivity contribution is 0.284. The van der Waals surface area contributed by atoms with Gasteiger partial charge in [-0.25, -0.2) is 0 Å². The van der Waals surface area contributed by atoms with Crippen LogP contribution in [0.1, 0.15) is 16.7 Å². The molecule has 0 spiro atoms. The van der Waals surface area contributed by atoms with Gasteiger partial charge in [0.25, 0.3) is 0 Å². The molecule has 0 fully saturated rings. The van der Waals surface area contributed by atoms with Gasteiger partial charge in [-0.15, -0.1) is 12.4 Å². The number of hydrogen-bond donors (Lipinski definition) is 0. The van der Waals surface area contributed by atoms with Crippen LogP contribution in [0.2, 0.25) is 0 Å². The van der Waals surface area contributed by atoms with E-state index in [0.717, 1.165) is 35.6 Å². The fourth-order valence-electron chi connectivity index (χ4n) is 2.31. The molecule has 0 aromatic heterocycles. The molecule has 21 heavy (non-hydrogen) atoms. The topological polar surface area (TPSA) is 30.8 Å². The van der Waals surface area contributed by atoms with Crippen LogP contribution in [-0.4, -0.2) is 19.9 Å². The van der Waals surface area contributed by atoms with E-state index in [-0.39, 0.29) is 12.4 Å². The molecule has 2 aromatic carbocycles. The summed E-state index contributed by atoms with van der Waals surface area (Å²) in [6, 6.07) is 14.2. The van der Waals surface area contributed by atoms with Gasteiger partial charge in [0, 0.05) is 12.8 Å². The molecule has 0 radical (unpaired) electrons. The molecule has 2 aromatic rings. The second kappa shape index (κ2) is 7.14. The molecule has 0 amide bonds. The maximum Gasteiger partial charge on any atom is 0.161 e. The smallest absolute Gasteiger partial charge is 0.161 e. The van der Waals surface area contributed by atoms with Crippen molar-refractivity contribution in [3.8, 4) is 11.5 Å². The molecule has 0 saturated carbocycles. The highest BCUT2D eigenvalue weighted by Gasteiger charge is 2.12. The molecule has 0 aliphatic carbocycles. The summed E-state index contributed by atoms with van der Waals surface area (Å²) in [5.41, 5.74) is 3.54. The van der Waals surface area contributed by atoms with Crippen molar-refractivity contribution >= 4 is 18.6 Å². The average molecular weight is 304 g/mol. The van der Waals surface area contributed by atoms with Gasteiger partial charge in [-0.05, 0) is 35.2 Å². The highest BCUT2D eigenvalue weighted by Crippen LogP contribution is 2.32. The fourth-order valence-corrected chi connectivity index (χ4v) is 2.31. The van der Waals surface area contributed by atoms with E-state index in [1.807, 2.05) is 30.5 Å². The Balaban J connectivity index is 0.00000161. The SMILES string of the molecule is COc1cc2c(cc1OCc1ccccc1)CCN=C2.Cl. The number of aliphatic imine (C=N–C) groups is 1. The third kappa shape index (κ3) is 3.56. The number of halogens is 1. The van der Waals surface area contributed by atoms with Gasteiger partial charge in [-0.2, -0.15) is 0 Å². The summed E-state index contributed by atoms with van der Waals surface area (Å²) in [6.07, 6.45) is 2.86. The minimum Gasteiger partial charge on any atom is -0.493 e. The standard InChI is InChI=1S/C17H17NO2.ClH/c1-19-16-10-15-11-18-8-7-14(15)9-17(16)20-12-13-5-3-2-4-6-13;/h2-6,9-11H,7-8,12H2,1H3;1H. The number of fused-ring (bicyclic) bond motifs is 1. The largest absolute Gasteiger partial charge is 0.493 e. The summed E-state index contributed by atoms with van der Waals surface area (Å²) in [4.78, 5) is 4.30. The van der Waals surface area contributed by atoms with Gasteiger partial charge in [0.05, 0.1) is 7.11 Å². The summed E-state index contributed by atoms with van der Waals surface area (Å²) in [5.74, 6) is 1.55. The van der Waals surface area contributed by atoms with Crippen molar-refractivity contribution in [3.05, 3.63) is 59.2 Å². The lowest BCUT2D eigenvalue weighted by Gasteiger charge is -2.16. The van der Waals surface area contributed by atoms with Crippen molar-refractivity contribution in [2.24, 2.45) is 4.99 Å². The number of benzene rings is 2. The Morgan fingerprint density at radius 3 is 2.67 bits per heavy atom. The molecule has 0 atom stereocenters. The summed E-state index contributed by atoms with van der Waals surface area (Å²) in [6.45, 7) is 1.39. The molecule has 3 nitrogen and oxygen atoms in total. The van der Waals surface area contributed by atoms with E-state index >= 15 is 0 Å². The van der Waals surface area contributed by atoms with Crippen molar-refractivity contribution < 1.29 is 9.47 Å². The van der Waals surface area contributed by atoms with Crippen molar-refractivity contribution in [2.45, 2.75) is 13.0 Å². The Morgan fingerprint density at radius 2 is 1.90 bits per heavy atom. The van der Waals surface area contributed by atoms with Gasteiger partial charge in [0.15, 0.2) is 11.5 Å². The van der Waals surface area contributed by atoms with Gasteiger partial charge < -0.3 is 9.47 Å². The predicted octanol–water partition coefficient (Wildman–Crippen LogP) is 3.67. The van der Waals surface area contributed by atoms with Crippen LogP contribution in [-0.2, 0) is 13.0 Å². The summed E-state index contributed by atoms with van der Waals surface area (Å²) < 4.78 is 11.3. The molecule has 0 saturated heterocycles. The molecule has 0 N–H and O–H groups in total. The quantitative estimate of drug-likeness (QED) is 0.863. The zero-order valence-electron chi connectivity index (χ0n) is 11.9. The second-order valence-corrected chi connectivity index (χ2v) is 4.76. The highest BCUT2D eigenvalue weighted by molar-refractivity contribution is 5.85. The van der Waals surface area contributed by atoms with E-state index in [2.05, 4.69) is 23.2 Å². The lowest BCUT2D eigenvalue weighted by Crippen LogP contribution is -2.05. The zero-order valence-corrected chi connectivity index (χ0v) is 12.7. The molecule has 110 valence electrons. The third-order valence-electron chi connectivity index (χ3n) is 3.40. The van der Waals surface area contributed by atoms with E-state index in [0.29, 0.717) is 6.61 Å². The van der Waals surface area contributed by atoms with Crippen molar-refractivity contribution in [2.75, 3.05) is 13.7 Å². The van der Waals surface area contributed by atoms with E-state index < -0.39 is 0 Å². The lowest BCUT2D eigenvalue weighted by atomic mass is 10.0. The minimum absolute atomic E-state index is 0. The van der Waals surface area contributed by atoms with E-state index in [9.17, 15) is 0 Å². The van der Waals surface area contributed by atoms with E-state index in [4.69, 9.17) is 9.47 Å². The van der Waals surface area contributed by atoms with Gasteiger partial charge in [-0.1, -0.05) is 30.3 Å². The second-order valence-electron chi connectivity index (χ2n) is 4.76. The first-order valence-electron chi connectivity index (χ1n) is 6.74. The molecule has 1 heterocycles. The molecule has 0 bridgehead atoms. The molecule has 0 unspecified atom stereocenters. The summed E-state index contributed by atoms with van der Waals surface area (Å²) in [5, 5.41) is 0. The van der Waals surface area contributed by atoms with Crippen molar-refractivity contribution in [1.82, 2.24) is 0 Å². The van der Waals surface area contributed by atoms with Crippen molar-refractivity contribution in [3.63, 3.8) is 0 Å². The Labute approximate surface area is 131 Å². The Bertz CT molecular complexity index is 626. The van der Waals surface area contributed by atoms with Crippen LogP contribution in [0.25, 0.3) is 0 Å². The van der Waals surface area contributed by atoms with Crippen LogP contribution in [0.15, 0.2) is 47.5 Å². The number of ether oxygens (including phenoxy) is 2. The summed E-state index contributed by atoms with van der Waals surface area (Å²) >= 11 is 0. The first-order valence-corrected chi connectivity index (χ1v) is 6.74. The monoisotopic (exact) mass is 303 g/mol. The minimum atomic E-state index is 0. The average Bonchev–Trinajstić information content (AvgIpc) is 2.53. The van der Waals surface area contributed by atoms with Crippen LogP contribution in [0.4, 0.5) is 0 Å². The molecule has 3 rings (SSSR count). The molecule has 1 aliphatic rings.